The molecule has 0 amide bonds. The van der Waals surface area contributed by atoms with Crippen molar-refractivity contribution < 1.29 is 22.7 Å². The molecule has 0 spiro atoms. The second-order valence-corrected chi connectivity index (χ2v) is 12.9. The van der Waals surface area contributed by atoms with Crippen LogP contribution in [-0.2, 0) is 30.7 Å². The Hall–Kier alpha value is -1.90. The predicted octanol–water partition coefficient (Wildman–Crippen LogP) is 3.99. The molecule has 1 saturated heterocycles. The third-order valence-corrected chi connectivity index (χ3v) is 10.0. The van der Waals surface area contributed by atoms with Gasteiger partial charge >= 0.3 is 5.97 Å². The van der Waals surface area contributed by atoms with Crippen molar-refractivity contribution in [2.75, 3.05) is 39.5 Å². The Labute approximate surface area is 210 Å². The van der Waals surface area contributed by atoms with Gasteiger partial charge in [-0.3, -0.25) is 4.79 Å². The first-order valence-corrected chi connectivity index (χ1v) is 14.3. The van der Waals surface area contributed by atoms with Gasteiger partial charge in [0.25, 0.3) is 0 Å². The van der Waals surface area contributed by atoms with E-state index in [-0.39, 0.29) is 29.4 Å². The zero-order valence-electron chi connectivity index (χ0n) is 21.8. The Morgan fingerprint density at radius 1 is 1.14 bits per heavy atom. The number of carbonyl (C=O) groups is 1. The molecule has 0 radical (unpaired) electrons. The monoisotopic (exact) mass is 504 g/mol. The standard InChI is InChI=1S/C27H40N2O5S/c1-6-34-24(30)19-29-25-21(11-9-13-26(25,2)3)22(27(29,4)5)18-20-10-7-8-12-23(20)35(31,32)28-14-16-33-17-15-28/h7-8,10,12,22H,6,9,11,13-19H2,1-5H3. The second kappa shape index (κ2) is 9.87. The van der Waals surface area contributed by atoms with Gasteiger partial charge in [-0.2, -0.15) is 4.31 Å². The summed E-state index contributed by atoms with van der Waals surface area (Å²) in [5.74, 6) is -0.114. The second-order valence-electron chi connectivity index (χ2n) is 11.0. The van der Waals surface area contributed by atoms with E-state index in [4.69, 9.17) is 9.47 Å². The summed E-state index contributed by atoms with van der Waals surface area (Å²) in [4.78, 5) is 15.3. The van der Waals surface area contributed by atoms with Crippen LogP contribution in [0.25, 0.3) is 0 Å². The topological polar surface area (TPSA) is 76.2 Å². The van der Waals surface area contributed by atoms with Gasteiger partial charge in [0, 0.05) is 35.7 Å². The quantitative estimate of drug-likeness (QED) is 0.523. The molecule has 194 valence electrons. The van der Waals surface area contributed by atoms with E-state index in [1.165, 1.54) is 15.6 Å². The van der Waals surface area contributed by atoms with E-state index in [0.29, 0.717) is 44.2 Å². The highest BCUT2D eigenvalue weighted by Gasteiger charge is 2.52. The van der Waals surface area contributed by atoms with Gasteiger partial charge in [0.05, 0.1) is 24.7 Å². The molecule has 3 aliphatic rings. The number of morpholine rings is 1. The minimum absolute atomic E-state index is 0.0501. The van der Waals surface area contributed by atoms with E-state index in [1.54, 1.807) is 12.1 Å². The fourth-order valence-electron chi connectivity index (χ4n) is 6.23. The molecule has 1 fully saturated rings. The van der Waals surface area contributed by atoms with Crippen LogP contribution in [0.4, 0.5) is 0 Å². The largest absolute Gasteiger partial charge is 0.465 e. The molecular formula is C27H40N2O5S. The highest BCUT2D eigenvalue weighted by atomic mass is 32.2. The predicted molar refractivity (Wildman–Crippen MR) is 135 cm³/mol. The summed E-state index contributed by atoms with van der Waals surface area (Å²) in [7, 11) is -3.61. The van der Waals surface area contributed by atoms with E-state index in [0.717, 1.165) is 24.8 Å². The fourth-order valence-corrected chi connectivity index (χ4v) is 7.88. The maximum absolute atomic E-state index is 13.6. The van der Waals surface area contributed by atoms with Crippen LogP contribution in [0.2, 0.25) is 0 Å². The van der Waals surface area contributed by atoms with Gasteiger partial charge < -0.3 is 14.4 Å². The Bertz CT molecular complexity index is 1090. The molecule has 2 heterocycles. The maximum Gasteiger partial charge on any atom is 0.325 e. The number of allylic oxidation sites excluding steroid dienone is 1. The number of ether oxygens (including phenoxy) is 2. The van der Waals surface area contributed by atoms with Crippen molar-refractivity contribution in [3.05, 3.63) is 41.1 Å². The zero-order valence-corrected chi connectivity index (χ0v) is 22.6. The van der Waals surface area contributed by atoms with Crippen molar-refractivity contribution >= 4 is 16.0 Å². The van der Waals surface area contributed by atoms with Crippen LogP contribution in [0.1, 0.15) is 59.4 Å². The number of benzene rings is 1. The maximum atomic E-state index is 13.6. The lowest BCUT2D eigenvalue weighted by molar-refractivity contribution is -0.145. The molecule has 0 bridgehead atoms. The summed E-state index contributed by atoms with van der Waals surface area (Å²) in [6.07, 6.45) is 3.75. The van der Waals surface area contributed by atoms with Gasteiger partial charge in [0.1, 0.15) is 6.54 Å². The molecule has 35 heavy (non-hydrogen) atoms. The van der Waals surface area contributed by atoms with Crippen LogP contribution in [0.5, 0.6) is 0 Å². The van der Waals surface area contributed by atoms with Gasteiger partial charge in [-0.05, 0) is 63.7 Å². The molecule has 1 unspecified atom stereocenters. The van der Waals surface area contributed by atoms with Crippen molar-refractivity contribution in [1.29, 1.82) is 0 Å². The molecular weight excluding hydrogens is 464 g/mol. The van der Waals surface area contributed by atoms with E-state index >= 15 is 0 Å². The van der Waals surface area contributed by atoms with Crippen LogP contribution in [0, 0.1) is 11.3 Å². The molecule has 1 atom stereocenters. The molecule has 1 aromatic rings. The first-order chi connectivity index (χ1) is 16.5. The lowest BCUT2D eigenvalue weighted by atomic mass is 9.72. The van der Waals surface area contributed by atoms with Gasteiger partial charge in [-0.1, -0.05) is 32.0 Å². The normalized spacial score (nSPS) is 24.4. The summed E-state index contributed by atoms with van der Waals surface area (Å²) < 4.78 is 39.4. The zero-order chi connectivity index (χ0) is 25.4. The lowest BCUT2D eigenvalue weighted by Crippen LogP contribution is -2.48. The van der Waals surface area contributed by atoms with Crippen molar-refractivity contribution in [3.8, 4) is 0 Å². The van der Waals surface area contributed by atoms with E-state index in [9.17, 15) is 13.2 Å². The highest BCUT2D eigenvalue weighted by molar-refractivity contribution is 7.89. The Morgan fingerprint density at radius 2 is 1.83 bits per heavy atom. The molecule has 8 heteroatoms. The van der Waals surface area contributed by atoms with E-state index in [1.807, 2.05) is 19.1 Å². The number of carbonyl (C=O) groups excluding carboxylic acids is 1. The number of hydrogen-bond donors (Lipinski definition) is 0. The number of hydrogen-bond acceptors (Lipinski definition) is 6. The van der Waals surface area contributed by atoms with Crippen LogP contribution in [0.15, 0.2) is 40.4 Å². The summed E-state index contributed by atoms with van der Waals surface area (Å²) in [6, 6.07) is 7.41. The molecule has 0 saturated carbocycles. The molecule has 0 aromatic heterocycles. The summed E-state index contributed by atoms with van der Waals surface area (Å²) >= 11 is 0. The average Bonchev–Trinajstić information content (AvgIpc) is 3.02. The molecule has 2 aliphatic heterocycles. The van der Waals surface area contributed by atoms with Crippen molar-refractivity contribution in [2.45, 2.75) is 70.7 Å². The Balaban J connectivity index is 1.73. The highest BCUT2D eigenvalue weighted by Crippen LogP contribution is 2.55. The SMILES string of the molecule is CCOC(=O)CN1C2=C(CCCC2(C)C)C(Cc2ccccc2S(=O)(=O)N2CCOCC2)C1(C)C. The molecule has 1 aromatic carbocycles. The minimum Gasteiger partial charge on any atom is -0.465 e. The summed E-state index contributed by atoms with van der Waals surface area (Å²) in [6.45, 7) is 12.9. The molecule has 0 N–H and O–H groups in total. The lowest BCUT2D eigenvalue weighted by Gasteiger charge is -2.43. The van der Waals surface area contributed by atoms with Gasteiger partial charge in [-0.15, -0.1) is 0 Å². The third-order valence-electron chi connectivity index (χ3n) is 8.01. The van der Waals surface area contributed by atoms with E-state index in [2.05, 4.69) is 32.6 Å². The van der Waals surface area contributed by atoms with Gasteiger partial charge in [0.15, 0.2) is 0 Å². The number of rotatable bonds is 7. The number of sulfonamides is 1. The van der Waals surface area contributed by atoms with Crippen LogP contribution < -0.4 is 0 Å². The minimum atomic E-state index is -3.61. The average molecular weight is 505 g/mol. The first-order valence-electron chi connectivity index (χ1n) is 12.8. The van der Waals surface area contributed by atoms with Gasteiger partial charge in [-0.25, -0.2) is 8.42 Å². The number of nitrogens with zero attached hydrogens (tertiary/aromatic N) is 2. The fraction of sp³-hybridized carbons (Fsp3) is 0.667. The summed E-state index contributed by atoms with van der Waals surface area (Å²) in [5.41, 5.74) is 3.06. The van der Waals surface area contributed by atoms with Crippen molar-refractivity contribution in [2.24, 2.45) is 11.3 Å². The third kappa shape index (κ3) is 4.89. The first kappa shape index (κ1) is 26.2. The van der Waals surface area contributed by atoms with Crippen LogP contribution in [-0.4, -0.2) is 68.6 Å². The van der Waals surface area contributed by atoms with Crippen LogP contribution in [0.3, 0.4) is 0 Å². The number of esters is 1. The smallest absolute Gasteiger partial charge is 0.325 e. The summed E-state index contributed by atoms with van der Waals surface area (Å²) in [5, 5.41) is 0. The van der Waals surface area contributed by atoms with Crippen LogP contribution >= 0.6 is 0 Å². The van der Waals surface area contributed by atoms with Crippen molar-refractivity contribution in [1.82, 2.24) is 9.21 Å². The molecule has 4 rings (SSSR count). The van der Waals surface area contributed by atoms with E-state index < -0.39 is 10.0 Å². The van der Waals surface area contributed by atoms with Crippen molar-refractivity contribution in [3.63, 3.8) is 0 Å². The Morgan fingerprint density at radius 3 is 2.51 bits per heavy atom. The molecule has 7 nitrogen and oxygen atoms in total. The van der Waals surface area contributed by atoms with Gasteiger partial charge in [0.2, 0.25) is 10.0 Å². The Kier molecular flexibility index (Phi) is 7.38. The molecule has 1 aliphatic carbocycles.